The van der Waals surface area contributed by atoms with Crippen molar-refractivity contribution in [3.8, 4) is 0 Å². The normalized spacial score (nSPS) is 16.3. The Labute approximate surface area is 111 Å². The summed E-state index contributed by atoms with van der Waals surface area (Å²) in [6.45, 7) is 0. The van der Waals surface area contributed by atoms with E-state index in [1.807, 2.05) is 0 Å². The smallest absolute Gasteiger partial charge is 0.313 e. The first-order chi connectivity index (χ1) is 9.03. The van der Waals surface area contributed by atoms with Gasteiger partial charge in [-0.3, -0.25) is 4.55 Å². The first-order valence-corrected chi connectivity index (χ1v) is 7.15. The van der Waals surface area contributed by atoms with Gasteiger partial charge in [0, 0.05) is 5.56 Å². The van der Waals surface area contributed by atoms with E-state index < -0.39 is 15.1 Å². The monoisotopic (exact) mass is 276 g/mol. The zero-order valence-corrected chi connectivity index (χ0v) is 10.7. The highest BCUT2D eigenvalue weighted by atomic mass is 32.2. The Kier molecular flexibility index (Phi) is 2.51. The van der Waals surface area contributed by atoms with E-state index in [1.54, 1.807) is 54.6 Å². The zero-order valence-electron chi connectivity index (χ0n) is 9.87. The molecule has 0 amide bonds. The van der Waals surface area contributed by atoms with Crippen molar-refractivity contribution in [3.05, 3.63) is 60.2 Å². The average Bonchev–Trinajstić information content (AvgIpc) is 2.80. The number of rotatable bonds is 2. The van der Waals surface area contributed by atoms with Gasteiger partial charge in [0.25, 0.3) is 4.99 Å². The van der Waals surface area contributed by atoms with Gasteiger partial charge in [-0.15, -0.1) is 0 Å². The third-order valence-electron chi connectivity index (χ3n) is 3.12. The summed E-state index contributed by atoms with van der Waals surface area (Å²) >= 11 is 0. The third kappa shape index (κ3) is 1.76. The maximum Gasteiger partial charge on any atom is 0.313 e. The molecule has 0 bridgehead atoms. The molecule has 2 aromatic rings. The van der Waals surface area contributed by atoms with Crippen LogP contribution >= 0.6 is 0 Å². The van der Waals surface area contributed by atoms with Crippen LogP contribution in [0.2, 0.25) is 0 Å². The Bertz CT molecular complexity index is 689. The molecule has 0 saturated heterocycles. The first-order valence-electron chi connectivity index (χ1n) is 5.71. The third-order valence-corrected chi connectivity index (χ3v) is 4.33. The van der Waals surface area contributed by atoms with Crippen molar-refractivity contribution in [2.45, 2.75) is 4.99 Å². The van der Waals surface area contributed by atoms with E-state index in [4.69, 9.17) is 0 Å². The summed E-state index contributed by atoms with van der Waals surface area (Å²) in [7, 11) is -4.41. The minimum atomic E-state index is -4.41. The maximum atomic E-state index is 11.9. The highest BCUT2D eigenvalue weighted by Gasteiger charge is 2.49. The van der Waals surface area contributed by atoms with E-state index in [9.17, 15) is 13.0 Å². The average molecular weight is 276 g/mol. The molecule has 1 heterocycles. The molecule has 0 radical (unpaired) electrons. The van der Waals surface area contributed by atoms with Crippen molar-refractivity contribution in [1.29, 1.82) is 0 Å². The van der Waals surface area contributed by atoms with Crippen molar-refractivity contribution in [2.24, 2.45) is 0 Å². The summed E-state index contributed by atoms with van der Waals surface area (Å²) in [5.41, 5.74) is 1.68. The molecule has 98 valence electrons. The van der Waals surface area contributed by atoms with Gasteiger partial charge in [-0.2, -0.15) is 8.42 Å². The predicted molar refractivity (Wildman–Crippen MR) is 73.4 cm³/mol. The van der Waals surface area contributed by atoms with Gasteiger partial charge in [0.15, 0.2) is 0 Å². The Hall–Kier alpha value is -2.05. The second-order valence-electron chi connectivity index (χ2n) is 4.32. The molecular formula is C13H12N2O3S. The van der Waals surface area contributed by atoms with Crippen LogP contribution in [0.5, 0.6) is 0 Å². The SMILES string of the molecule is O=S(=O)(O)C1(c2ccccc2)Nc2ccccc2N1. The largest absolute Gasteiger partial charge is 0.343 e. The summed E-state index contributed by atoms with van der Waals surface area (Å²) in [5.74, 6) is 0. The van der Waals surface area contributed by atoms with Gasteiger partial charge in [-0.25, -0.2) is 0 Å². The van der Waals surface area contributed by atoms with E-state index in [1.165, 1.54) is 0 Å². The molecule has 5 nitrogen and oxygen atoms in total. The first kappa shape index (κ1) is 12.0. The molecule has 3 N–H and O–H groups in total. The van der Waals surface area contributed by atoms with Crippen molar-refractivity contribution in [3.63, 3.8) is 0 Å². The Morgan fingerprint density at radius 3 is 1.79 bits per heavy atom. The predicted octanol–water partition coefficient (Wildman–Crippen LogP) is 2.22. The van der Waals surface area contributed by atoms with E-state index >= 15 is 0 Å². The van der Waals surface area contributed by atoms with Gasteiger partial charge in [0.2, 0.25) is 0 Å². The summed E-state index contributed by atoms with van der Waals surface area (Å²) in [6.07, 6.45) is 0. The van der Waals surface area contributed by atoms with Gasteiger partial charge in [-0.1, -0.05) is 42.5 Å². The van der Waals surface area contributed by atoms with Crippen LogP contribution in [-0.4, -0.2) is 13.0 Å². The molecule has 0 unspecified atom stereocenters. The number of anilines is 2. The molecule has 1 aliphatic rings. The lowest BCUT2D eigenvalue weighted by Crippen LogP contribution is -2.46. The molecule has 0 saturated carbocycles. The lowest BCUT2D eigenvalue weighted by Gasteiger charge is -2.27. The molecule has 0 spiro atoms. The van der Waals surface area contributed by atoms with Crippen LogP contribution in [0.1, 0.15) is 5.56 Å². The van der Waals surface area contributed by atoms with Crippen molar-refractivity contribution in [2.75, 3.05) is 10.6 Å². The molecule has 3 rings (SSSR count). The number of hydrogen-bond donors (Lipinski definition) is 3. The maximum absolute atomic E-state index is 11.9. The summed E-state index contributed by atoms with van der Waals surface area (Å²) in [6, 6.07) is 15.6. The Morgan fingerprint density at radius 1 is 0.842 bits per heavy atom. The second kappa shape index (κ2) is 3.97. The van der Waals surface area contributed by atoms with Crippen molar-refractivity contribution >= 4 is 21.5 Å². The topological polar surface area (TPSA) is 78.4 Å². The van der Waals surface area contributed by atoms with Crippen LogP contribution in [0.25, 0.3) is 0 Å². The van der Waals surface area contributed by atoms with Gasteiger partial charge in [0.05, 0.1) is 11.4 Å². The fourth-order valence-corrected chi connectivity index (χ4v) is 3.12. The Morgan fingerprint density at radius 2 is 1.32 bits per heavy atom. The summed E-state index contributed by atoms with van der Waals surface area (Å²) in [5, 5.41) is 5.71. The molecule has 6 heteroatoms. The molecule has 0 aliphatic carbocycles. The molecule has 2 aromatic carbocycles. The number of fused-ring (bicyclic) bond motifs is 1. The van der Waals surface area contributed by atoms with Crippen molar-refractivity contribution in [1.82, 2.24) is 0 Å². The molecular weight excluding hydrogens is 264 g/mol. The van der Waals surface area contributed by atoms with Crippen LogP contribution in [0.15, 0.2) is 54.6 Å². The summed E-state index contributed by atoms with van der Waals surface area (Å²) < 4.78 is 33.4. The highest BCUT2D eigenvalue weighted by molar-refractivity contribution is 7.87. The van der Waals surface area contributed by atoms with E-state index in [0.717, 1.165) is 0 Å². The molecule has 19 heavy (non-hydrogen) atoms. The number of nitrogens with one attached hydrogen (secondary N) is 2. The van der Waals surface area contributed by atoms with E-state index in [0.29, 0.717) is 16.9 Å². The summed E-state index contributed by atoms with van der Waals surface area (Å²) in [4.78, 5) is -1.74. The standard InChI is InChI=1S/C13H12N2O3S/c16-19(17,18)13(10-6-2-1-3-7-10)14-11-8-4-5-9-12(11)15-13/h1-9,14-15H,(H,16,17,18). The van der Waals surface area contributed by atoms with Gasteiger partial charge in [0.1, 0.15) is 0 Å². The van der Waals surface area contributed by atoms with Crippen molar-refractivity contribution < 1.29 is 13.0 Å². The fraction of sp³-hybridized carbons (Fsp3) is 0.0769. The lowest BCUT2D eigenvalue weighted by atomic mass is 10.2. The second-order valence-corrected chi connectivity index (χ2v) is 5.88. The van der Waals surface area contributed by atoms with Gasteiger partial charge >= 0.3 is 10.1 Å². The van der Waals surface area contributed by atoms with E-state index in [-0.39, 0.29) is 0 Å². The van der Waals surface area contributed by atoms with Crippen LogP contribution in [0.4, 0.5) is 11.4 Å². The number of para-hydroxylation sites is 2. The van der Waals surface area contributed by atoms with E-state index in [2.05, 4.69) is 10.6 Å². The number of benzene rings is 2. The molecule has 0 fully saturated rings. The quantitative estimate of drug-likeness (QED) is 0.733. The van der Waals surface area contributed by atoms with Crippen LogP contribution < -0.4 is 10.6 Å². The van der Waals surface area contributed by atoms with Gasteiger partial charge < -0.3 is 10.6 Å². The van der Waals surface area contributed by atoms with Crippen LogP contribution in [-0.2, 0) is 15.1 Å². The zero-order chi connectivity index (χ0) is 13.5. The minimum Gasteiger partial charge on any atom is -0.343 e. The minimum absolute atomic E-state index is 0.425. The lowest BCUT2D eigenvalue weighted by molar-refractivity contribution is 0.454. The highest BCUT2D eigenvalue weighted by Crippen LogP contribution is 2.41. The molecule has 0 aromatic heterocycles. The van der Waals surface area contributed by atoms with Gasteiger partial charge in [-0.05, 0) is 12.1 Å². The van der Waals surface area contributed by atoms with Crippen LogP contribution in [0.3, 0.4) is 0 Å². The number of hydrogen-bond acceptors (Lipinski definition) is 4. The fourth-order valence-electron chi connectivity index (χ4n) is 2.21. The molecule has 0 atom stereocenters. The Balaban J connectivity index is 2.19. The molecule has 1 aliphatic heterocycles. The van der Waals surface area contributed by atoms with Crippen LogP contribution in [0, 0.1) is 0 Å².